The minimum absolute atomic E-state index is 0.105. The molecule has 0 aliphatic carbocycles. The Kier molecular flexibility index (Phi) is 58.7. The molecule has 88 heavy (non-hydrogen) atoms. The van der Waals surface area contributed by atoms with Gasteiger partial charge in [-0.1, -0.05) is 292 Å². The highest BCUT2D eigenvalue weighted by Crippen LogP contribution is 2.45. The lowest BCUT2D eigenvalue weighted by molar-refractivity contribution is -0.161. The summed E-state index contributed by atoms with van der Waals surface area (Å²) >= 11 is 0. The summed E-state index contributed by atoms with van der Waals surface area (Å²) in [6, 6.07) is 0. The van der Waals surface area contributed by atoms with Crippen molar-refractivity contribution in [3.63, 3.8) is 0 Å². The zero-order valence-corrected chi connectivity index (χ0v) is 59.0. The van der Waals surface area contributed by atoms with Crippen LogP contribution in [-0.4, -0.2) is 96.7 Å². The first-order valence-corrected chi connectivity index (χ1v) is 38.9. The van der Waals surface area contributed by atoms with Crippen LogP contribution in [0.3, 0.4) is 0 Å². The standard InChI is InChI=1S/C69H134O17P2/c1-8-11-12-13-14-15-16-17-21-30-38-45-52-68(73)86-65(57-80-67(72)51-44-37-32-25-26-33-40-47-60(4)5)59-84-88(77,78)82-55-63(70)54-81-87(75,76)83-58-64(56-79-66(71)50-43-36-29-24-23-28-35-42-49-62(7)10-3)85-69(74)53-46-39-31-22-19-18-20-27-34-41-48-61(6)9-2/h60-65,70H,8-59H2,1-7H3,(H,75,76)(H,77,78)/t61?,62?,63-,64-,65-/m1/s1. The molecular weight excluding hydrogens is 1160 g/mol. The number of phosphoric ester groups is 2. The Hall–Kier alpha value is -1.94. The van der Waals surface area contributed by atoms with Crippen molar-refractivity contribution in [3.8, 4) is 0 Å². The van der Waals surface area contributed by atoms with Gasteiger partial charge in [-0.05, 0) is 43.4 Å². The van der Waals surface area contributed by atoms with Gasteiger partial charge in [-0.25, -0.2) is 9.13 Å². The molecule has 0 rings (SSSR count). The zero-order valence-electron chi connectivity index (χ0n) is 57.2. The molecular formula is C69H134O17P2. The molecule has 4 unspecified atom stereocenters. The van der Waals surface area contributed by atoms with Crippen molar-refractivity contribution in [1.29, 1.82) is 0 Å². The van der Waals surface area contributed by atoms with E-state index in [1.165, 1.54) is 148 Å². The maximum absolute atomic E-state index is 13.0. The van der Waals surface area contributed by atoms with Gasteiger partial charge in [-0.2, -0.15) is 0 Å². The second kappa shape index (κ2) is 60.0. The van der Waals surface area contributed by atoms with Crippen molar-refractivity contribution in [2.24, 2.45) is 17.8 Å². The normalized spacial score (nSPS) is 14.9. The van der Waals surface area contributed by atoms with Crippen molar-refractivity contribution in [2.75, 3.05) is 39.6 Å². The van der Waals surface area contributed by atoms with Crippen molar-refractivity contribution in [2.45, 2.75) is 362 Å². The molecule has 17 nitrogen and oxygen atoms in total. The van der Waals surface area contributed by atoms with Crippen LogP contribution in [0.15, 0.2) is 0 Å². The van der Waals surface area contributed by atoms with E-state index in [1.807, 2.05) is 0 Å². The Labute approximate surface area is 537 Å². The first-order valence-electron chi connectivity index (χ1n) is 35.9. The first-order chi connectivity index (χ1) is 42.3. The van der Waals surface area contributed by atoms with Gasteiger partial charge in [-0.15, -0.1) is 0 Å². The first kappa shape index (κ1) is 86.1. The number of aliphatic hydroxyl groups is 1. The molecule has 0 aliphatic heterocycles. The number of esters is 4. The third-order valence-electron chi connectivity index (χ3n) is 16.6. The summed E-state index contributed by atoms with van der Waals surface area (Å²) in [4.78, 5) is 72.5. The predicted octanol–water partition coefficient (Wildman–Crippen LogP) is 19.5. The number of unbranched alkanes of at least 4 members (excludes halogenated alkanes) is 33. The third kappa shape index (κ3) is 60.3. The molecule has 3 N–H and O–H groups in total. The Morgan fingerprint density at radius 3 is 0.864 bits per heavy atom. The lowest BCUT2D eigenvalue weighted by atomic mass is 9.99. The maximum atomic E-state index is 13.0. The second-order valence-corrected chi connectivity index (χ2v) is 28.8. The smallest absolute Gasteiger partial charge is 0.462 e. The average Bonchev–Trinajstić information content (AvgIpc) is 3.70. The molecule has 0 aliphatic rings. The quantitative estimate of drug-likeness (QED) is 0.0222. The number of phosphoric acid groups is 2. The summed E-state index contributed by atoms with van der Waals surface area (Å²) in [5.41, 5.74) is 0. The van der Waals surface area contributed by atoms with Gasteiger partial charge in [-0.3, -0.25) is 37.3 Å². The van der Waals surface area contributed by atoms with Crippen LogP contribution >= 0.6 is 15.6 Å². The van der Waals surface area contributed by atoms with Crippen LogP contribution in [0.2, 0.25) is 0 Å². The fourth-order valence-corrected chi connectivity index (χ4v) is 11.9. The second-order valence-electron chi connectivity index (χ2n) is 25.9. The summed E-state index contributed by atoms with van der Waals surface area (Å²) in [6.07, 6.45) is 42.9. The molecule has 0 aromatic heterocycles. The van der Waals surface area contributed by atoms with Crippen LogP contribution in [0.1, 0.15) is 344 Å². The number of carbonyl (C=O) groups is 4. The van der Waals surface area contributed by atoms with Gasteiger partial charge in [0.05, 0.1) is 26.4 Å². The fraction of sp³-hybridized carbons (Fsp3) is 0.942. The lowest BCUT2D eigenvalue weighted by Crippen LogP contribution is -2.30. The molecule has 0 radical (unpaired) electrons. The van der Waals surface area contributed by atoms with Gasteiger partial charge in [0.15, 0.2) is 12.2 Å². The molecule has 0 spiro atoms. The highest BCUT2D eigenvalue weighted by Gasteiger charge is 2.30. The largest absolute Gasteiger partial charge is 0.472 e. The maximum Gasteiger partial charge on any atom is 0.472 e. The Balaban J connectivity index is 5.27. The van der Waals surface area contributed by atoms with E-state index in [9.17, 15) is 43.2 Å². The van der Waals surface area contributed by atoms with Crippen LogP contribution in [0.5, 0.6) is 0 Å². The number of hydrogen-bond acceptors (Lipinski definition) is 15. The molecule has 522 valence electrons. The summed E-state index contributed by atoms with van der Waals surface area (Å²) in [7, 11) is -9.90. The van der Waals surface area contributed by atoms with E-state index in [-0.39, 0.29) is 25.7 Å². The Bertz CT molecular complexity index is 1740. The Morgan fingerprint density at radius 2 is 0.580 bits per heavy atom. The van der Waals surface area contributed by atoms with Crippen LogP contribution in [0, 0.1) is 17.8 Å². The van der Waals surface area contributed by atoms with E-state index in [1.54, 1.807) is 0 Å². The highest BCUT2D eigenvalue weighted by molar-refractivity contribution is 7.47. The third-order valence-corrected chi connectivity index (χ3v) is 18.5. The highest BCUT2D eigenvalue weighted by atomic mass is 31.2. The van der Waals surface area contributed by atoms with Crippen LogP contribution in [0.4, 0.5) is 0 Å². The minimum atomic E-state index is -4.95. The predicted molar refractivity (Wildman–Crippen MR) is 354 cm³/mol. The van der Waals surface area contributed by atoms with Crippen molar-refractivity contribution < 1.29 is 80.2 Å². The minimum Gasteiger partial charge on any atom is -0.462 e. The number of hydrogen-bond donors (Lipinski definition) is 3. The van der Waals surface area contributed by atoms with Crippen LogP contribution in [-0.2, 0) is 65.4 Å². The lowest BCUT2D eigenvalue weighted by Gasteiger charge is -2.21. The number of aliphatic hydroxyl groups excluding tert-OH is 1. The molecule has 7 atom stereocenters. The van der Waals surface area contributed by atoms with Crippen LogP contribution < -0.4 is 0 Å². The molecule has 0 fully saturated rings. The molecule has 0 aromatic rings. The van der Waals surface area contributed by atoms with Crippen LogP contribution in [0.25, 0.3) is 0 Å². The topological polar surface area (TPSA) is 237 Å². The number of rotatable bonds is 67. The summed E-state index contributed by atoms with van der Waals surface area (Å²) in [5.74, 6) is 0.158. The van der Waals surface area contributed by atoms with E-state index in [0.717, 1.165) is 108 Å². The number of ether oxygens (including phenoxy) is 4. The molecule has 0 saturated carbocycles. The Morgan fingerprint density at radius 1 is 0.330 bits per heavy atom. The van der Waals surface area contributed by atoms with Gasteiger partial charge in [0.25, 0.3) is 0 Å². The SMILES string of the molecule is CCCCCCCCCCCCCCC(=O)O[C@H](COC(=O)CCCCCCCCCC(C)C)COP(=O)(O)OC[C@H](O)COP(=O)(O)OC[C@@H](COC(=O)CCCCCCCCCCC(C)CC)OC(=O)CCCCCCCCCCCCC(C)CC. The van der Waals surface area contributed by atoms with Gasteiger partial charge >= 0.3 is 39.5 Å². The van der Waals surface area contributed by atoms with Crippen molar-refractivity contribution >= 4 is 39.5 Å². The van der Waals surface area contributed by atoms with E-state index in [4.69, 9.17) is 37.0 Å². The van der Waals surface area contributed by atoms with Gasteiger partial charge in [0, 0.05) is 25.7 Å². The van der Waals surface area contributed by atoms with E-state index < -0.39 is 97.5 Å². The molecule has 19 heteroatoms. The summed E-state index contributed by atoms with van der Waals surface area (Å²) in [6.45, 7) is 11.8. The fourth-order valence-electron chi connectivity index (χ4n) is 10.3. The van der Waals surface area contributed by atoms with E-state index in [0.29, 0.717) is 31.6 Å². The van der Waals surface area contributed by atoms with Crippen molar-refractivity contribution in [1.82, 2.24) is 0 Å². The average molecular weight is 1300 g/mol. The van der Waals surface area contributed by atoms with Gasteiger partial charge in [0.1, 0.15) is 19.3 Å². The van der Waals surface area contributed by atoms with E-state index in [2.05, 4.69) is 48.5 Å². The number of carbonyl (C=O) groups excluding carboxylic acids is 4. The molecule has 0 amide bonds. The summed E-state index contributed by atoms with van der Waals surface area (Å²) < 4.78 is 68.2. The van der Waals surface area contributed by atoms with Crippen molar-refractivity contribution in [3.05, 3.63) is 0 Å². The molecule has 0 aromatic carbocycles. The summed E-state index contributed by atoms with van der Waals surface area (Å²) in [5, 5.41) is 10.6. The molecule has 0 bridgehead atoms. The molecule has 0 saturated heterocycles. The zero-order chi connectivity index (χ0) is 65.2. The van der Waals surface area contributed by atoms with Gasteiger partial charge in [0.2, 0.25) is 0 Å². The monoisotopic (exact) mass is 1300 g/mol. The van der Waals surface area contributed by atoms with Gasteiger partial charge < -0.3 is 33.8 Å². The van der Waals surface area contributed by atoms with E-state index >= 15 is 0 Å². The molecule has 0 heterocycles.